The van der Waals surface area contributed by atoms with Crippen molar-refractivity contribution in [3.8, 4) is 44.9 Å². The van der Waals surface area contributed by atoms with Crippen molar-refractivity contribution in [2.24, 2.45) is 10.7 Å². The molecule has 62 heavy (non-hydrogen) atoms. The molecule has 0 aliphatic carbocycles. The molecular weight excluding hydrogens is 779 g/mol. The van der Waals surface area contributed by atoms with Crippen LogP contribution in [0.3, 0.4) is 0 Å². The van der Waals surface area contributed by atoms with Crippen LogP contribution in [-0.2, 0) is 0 Å². The van der Waals surface area contributed by atoms with E-state index in [1.807, 2.05) is 78.9 Å². The quantitative estimate of drug-likeness (QED) is 0.129. The molecule has 11 aromatic rings. The normalized spacial score (nSPS) is 11.5. The molecule has 0 radical (unpaired) electrons. The van der Waals surface area contributed by atoms with Crippen molar-refractivity contribution in [1.29, 1.82) is 5.41 Å². The van der Waals surface area contributed by atoms with Crippen LogP contribution in [0, 0.1) is 12.3 Å². The van der Waals surface area contributed by atoms with Crippen molar-refractivity contribution in [3.05, 3.63) is 217 Å². The van der Waals surface area contributed by atoms with Crippen LogP contribution < -0.4 is 5.73 Å². The van der Waals surface area contributed by atoms with Gasteiger partial charge >= 0.3 is 0 Å². The topological polar surface area (TPSA) is 101 Å². The molecule has 11 rings (SSSR count). The molecule has 0 aliphatic rings. The molecule has 0 fully saturated rings. The van der Waals surface area contributed by atoms with Gasteiger partial charge in [0.25, 0.3) is 0 Å². The molecule has 3 aromatic heterocycles. The monoisotopic (exact) mass is 817 g/mol. The van der Waals surface area contributed by atoms with Gasteiger partial charge in [-0.05, 0) is 65.1 Å². The summed E-state index contributed by atoms with van der Waals surface area (Å²) in [6.07, 6.45) is 0. The van der Waals surface area contributed by atoms with Gasteiger partial charge in [-0.3, -0.25) is 5.41 Å². The molecule has 0 saturated carbocycles. The Bertz CT molecular complexity index is 3430. The molecule has 0 unspecified atom stereocenters. The second kappa shape index (κ2) is 16.6. The first-order valence-corrected chi connectivity index (χ1v) is 21.2. The first-order chi connectivity index (χ1) is 30.5. The largest absolute Gasteiger partial charge is 0.456 e. The van der Waals surface area contributed by atoms with Gasteiger partial charge in [0.1, 0.15) is 17.0 Å². The average molecular weight is 818 g/mol. The summed E-state index contributed by atoms with van der Waals surface area (Å²) < 4.78 is 8.45. The number of benzene rings is 8. The van der Waals surface area contributed by atoms with E-state index in [-0.39, 0.29) is 5.84 Å². The number of hydrogen-bond acceptors (Lipinski definition) is 5. The smallest absolute Gasteiger partial charge is 0.160 e. The molecule has 0 bridgehead atoms. The Kier molecular flexibility index (Phi) is 10.2. The Morgan fingerprint density at radius 1 is 0.532 bits per heavy atom. The fraction of sp³-hybridized carbons (Fsp3) is 0.0182. The highest BCUT2D eigenvalue weighted by Crippen LogP contribution is 2.41. The fourth-order valence-electron chi connectivity index (χ4n) is 7.84. The number of hydrogen-bond donors (Lipinski definition) is 2. The van der Waals surface area contributed by atoms with Gasteiger partial charge in [0.05, 0.1) is 15.9 Å². The van der Waals surface area contributed by atoms with Crippen LogP contribution in [-0.4, -0.2) is 21.6 Å². The lowest BCUT2D eigenvalue weighted by Crippen LogP contribution is -2.15. The average Bonchev–Trinajstić information content (AvgIpc) is 3.91. The SMILES string of the molecule is Cc1cccc2oc3ccc(-c4ccc(-c5nc(-c6cccc(-c7ccccc7)c6)nc6c5sc5ccccc56)cc4)cc3c12.N=C(N=C(N)c1ccccc1)c1ccccc1. The van der Waals surface area contributed by atoms with E-state index in [0.717, 1.165) is 82.6 Å². The van der Waals surface area contributed by atoms with Gasteiger partial charge in [0.2, 0.25) is 0 Å². The van der Waals surface area contributed by atoms with E-state index in [0.29, 0.717) is 5.84 Å². The third kappa shape index (κ3) is 7.53. The van der Waals surface area contributed by atoms with E-state index >= 15 is 0 Å². The van der Waals surface area contributed by atoms with Crippen LogP contribution in [0.25, 0.3) is 87.1 Å². The molecule has 6 nitrogen and oxygen atoms in total. The molecule has 3 N–H and O–H groups in total. The first kappa shape index (κ1) is 38.2. The summed E-state index contributed by atoms with van der Waals surface area (Å²) in [5, 5.41) is 11.3. The number of aryl methyl sites for hydroxylation is 1. The lowest BCUT2D eigenvalue weighted by atomic mass is 9.99. The maximum Gasteiger partial charge on any atom is 0.160 e. The molecular formula is C55H39N5OS. The van der Waals surface area contributed by atoms with E-state index in [1.54, 1.807) is 11.3 Å². The first-order valence-electron chi connectivity index (χ1n) is 20.4. The van der Waals surface area contributed by atoms with Gasteiger partial charge in [0, 0.05) is 43.1 Å². The molecule has 3 heterocycles. The molecule has 0 aliphatic heterocycles. The molecule has 7 heteroatoms. The summed E-state index contributed by atoms with van der Waals surface area (Å²) >= 11 is 1.76. The van der Waals surface area contributed by atoms with Gasteiger partial charge in [0.15, 0.2) is 11.7 Å². The molecule has 0 atom stereocenters. The summed E-state index contributed by atoms with van der Waals surface area (Å²) in [6, 6.07) is 67.7. The van der Waals surface area contributed by atoms with Crippen LogP contribution in [0.5, 0.6) is 0 Å². The maximum absolute atomic E-state index is 7.84. The predicted octanol–water partition coefficient (Wildman–Crippen LogP) is 14.1. The highest BCUT2D eigenvalue weighted by atomic mass is 32.1. The zero-order valence-corrected chi connectivity index (χ0v) is 34.6. The summed E-state index contributed by atoms with van der Waals surface area (Å²) in [7, 11) is 0. The van der Waals surface area contributed by atoms with Crippen molar-refractivity contribution >= 4 is 65.2 Å². The minimum atomic E-state index is 0.173. The Hall–Kier alpha value is -8.00. The molecule has 0 saturated heterocycles. The van der Waals surface area contributed by atoms with Crippen LogP contribution in [0.2, 0.25) is 0 Å². The number of nitrogens with zero attached hydrogens (tertiary/aromatic N) is 3. The number of amidine groups is 2. The fourth-order valence-corrected chi connectivity index (χ4v) is 9.00. The summed E-state index contributed by atoms with van der Waals surface area (Å²) in [5.74, 6) is 1.27. The number of fused-ring (bicyclic) bond motifs is 6. The Morgan fingerprint density at radius 3 is 1.90 bits per heavy atom. The van der Waals surface area contributed by atoms with Crippen molar-refractivity contribution < 1.29 is 4.42 Å². The van der Waals surface area contributed by atoms with E-state index in [2.05, 4.69) is 133 Å². The van der Waals surface area contributed by atoms with Gasteiger partial charge < -0.3 is 10.2 Å². The van der Waals surface area contributed by atoms with Gasteiger partial charge in [-0.1, -0.05) is 170 Å². The van der Waals surface area contributed by atoms with Crippen LogP contribution in [0.15, 0.2) is 210 Å². The second-order valence-corrected chi connectivity index (χ2v) is 16.1. The van der Waals surface area contributed by atoms with Crippen LogP contribution >= 0.6 is 11.3 Å². The zero-order chi connectivity index (χ0) is 42.0. The standard InChI is InChI=1S/C41H26N2OS.C14H13N3/c1-25-9-7-15-35-37(25)33-24-30(21-22-34(33)44-35)27-17-19-28(20-18-27)38-40-39(32-14-5-6-16-36(32)45-40)43-41(42-38)31-13-8-12-29(23-31)26-10-3-2-4-11-26;15-13(11-7-3-1-4-8-11)17-14(16)12-9-5-2-6-10-12/h2-24H,1H3;1-10H,(H3,15,16,17). The Morgan fingerprint density at radius 2 is 1.13 bits per heavy atom. The van der Waals surface area contributed by atoms with Gasteiger partial charge in [-0.25, -0.2) is 15.0 Å². The lowest BCUT2D eigenvalue weighted by Gasteiger charge is -2.10. The van der Waals surface area contributed by atoms with E-state index in [9.17, 15) is 0 Å². The number of nitrogens with two attached hydrogens (primary N) is 1. The molecule has 0 spiro atoms. The van der Waals surface area contributed by atoms with E-state index < -0.39 is 0 Å². The third-order valence-corrected chi connectivity index (χ3v) is 12.2. The summed E-state index contributed by atoms with van der Waals surface area (Å²) in [5.41, 5.74) is 19.2. The minimum absolute atomic E-state index is 0.173. The van der Waals surface area contributed by atoms with E-state index in [4.69, 9.17) is 25.5 Å². The van der Waals surface area contributed by atoms with Crippen molar-refractivity contribution in [2.45, 2.75) is 6.92 Å². The number of furan rings is 1. The number of thiophene rings is 1. The summed E-state index contributed by atoms with van der Waals surface area (Å²) in [4.78, 5) is 14.5. The summed E-state index contributed by atoms with van der Waals surface area (Å²) in [6.45, 7) is 2.14. The predicted molar refractivity (Wildman–Crippen MR) is 259 cm³/mol. The van der Waals surface area contributed by atoms with Crippen molar-refractivity contribution in [3.63, 3.8) is 0 Å². The second-order valence-electron chi connectivity index (χ2n) is 15.0. The van der Waals surface area contributed by atoms with Crippen LogP contribution in [0.4, 0.5) is 0 Å². The minimum Gasteiger partial charge on any atom is -0.456 e. The highest BCUT2D eigenvalue weighted by Gasteiger charge is 2.18. The Labute approximate surface area is 362 Å². The zero-order valence-electron chi connectivity index (χ0n) is 33.8. The number of aliphatic imine (C=N–C) groups is 1. The lowest BCUT2D eigenvalue weighted by molar-refractivity contribution is 0.669. The molecule has 8 aromatic carbocycles. The molecule has 0 amide bonds. The number of rotatable bonds is 6. The van der Waals surface area contributed by atoms with Crippen molar-refractivity contribution in [1.82, 2.24) is 9.97 Å². The van der Waals surface area contributed by atoms with E-state index in [1.165, 1.54) is 21.2 Å². The van der Waals surface area contributed by atoms with Crippen LogP contribution in [0.1, 0.15) is 16.7 Å². The highest BCUT2D eigenvalue weighted by molar-refractivity contribution is 7.26. The maximum atomic E-state index is 7.84. The van der Waals surface area contributed by atoms with Gasteiger partial charge in [-0.2, -0.15) is 0 Å². The molecule has 296 valence electrons. The Balaban J connectivity index is 0.000000227. The number of aromatic nitrogens is 2. The third-order valence-electron chi connectivity index (χ3n) is 11.0. The van der Waals surface area contributed by atoms with Gasteiger partial charge in [-0.15, -0.1) is 11.3 Å². The van der Waals surface area contributed by atoms with Crippen molar-refractivity contribution in [2.75, 3.05) is 0 Å². The number of nitrogens with one attached hydrogen (secondary N) is 1.